The lowest BCUT2D eigenvalue weighted by molar-refractivity contribution is 0.249. The van der Waals surface area contributed by atoms with E-state index < -0.39 is 0 Å². The van der Waals surface area contributed by atoms with Crippen LogP contribution < -0.4 is 10.6 Å². The standard InChI is InChI=1S/C17H28N6O/c1-8-13-9-15(22(7)21-13)19-16(24)18-11(2)14-10-23(17(4,5)6)20-12(14)3/h9-11H,8H2,1-7H3,(H2,18,19,24). The third kappa shape index (κ3) is 3.96. The summed E-state index contributed by atoms with van der Waals surface area (Å²) in [7, 11) is 1.82. The van der Waals surface area contributed by atoms with Gasteiger partial charge >= 0.3 is 6.03 Å². The molecule has 1 atom stereocenters. The molecule has 2 heterocycles. The predicted molar refractivity (Wildman–Crippen MR) is 95.1 cm³/mol. The minimum atomic E-state index is -0.254. The molecule has 0 saturated carbocycles. The van der Waals surface area contributed by atoms with Crippen molar-refractivity contribution >= 4 is 11.8 Å². The Morgan fingerprint density at radius 3 is 2.50 bits per heavy atom. The van der Waals surface area contributed by atoms with Gasteiger partial charge in [0.2, 0.25) is 0 Å². The SMILES string of the molecule is CCc1cc(NC(=O)NC(C)c2cn(C(C)(C)C)nc2C)n(C)n1. The first-order valence-electron chi connectivity index (χ1n) is 8.29. The van der Waals surface area contributed by atoms with Crippen LogP contribution in [0.5, 0.6) is 0 Å². The van der Waals surface area contributed by atoms with E-state index in [0.717, 1.165) is 23.4 Å². The van der Waals surface area contributed by atoms with Crippen LogP contribution in [-0.4, -0.2) is 25.6 Å². The minimum Gasteiger partial charge on any atom is -0.331 e. The van der Waals surface area contributed by atoms with Gasteiger partial charge < -0.3 is 5.32 Å². The van der Waals surface area contributed by atoms with Crippen molar-refractivity contribution in [2.75, 3.05) is 5.32 Å². The van der Waals surface area contributed by atoms with E-state index in [0.29, 0.717) is 5.82 Å². The van der Waals surface area contributed by atoms with Crippen LogP contribution in [0.4, 0.5) is 10.6 Å². The lowest BCUT2D eigenvalue weighted by Gasteiger charge is -2.19. The summed E-state index contributed by atoms with van der Waals surface area (Å²) >= 11 is 0. The Balaban J connectivity index is 2.06. The van der Waals surface area contributed by atoms with Gasteiger partial charge in [0.25, 0.3) is 0 Å². The van der Waals surface area contributed by atoms with Gasteiger partial charge in [-0.3, -0.25) is 14.7 Å². The fraction of sp³-hybridized carbons (Fsp3) is 0.588. The lowest BCUT2D eigenvalue weighted by atomic mass is 10.1. The quantitative estimate of drug-likeness (QED) is 0.903. The van der Waals surface area contributed by atoms with Gasteiger partial charge in [0.1, 0.15) is 5.82 Å². The molecule has 0 aromatic carbocycles. The van der Waals surface area contributed by atoms with Crippen molar-refractivity contribution in [3.63, 3.8) is 0 Å². The van der Waals surface area contributed by atoms with Crippen LogP contribution in [0.1, 0.15) is 57.6 Å². The first-order valence-corrected chi connectivity index (χ1v) is 8.29. The van der Waals surface area contributed by atoms with Crippen molar-refractivity contribution in [3.05, 3.63) is 29.2 Å². The molecule has 2 rings (SSSR count). The third-order valence-electron chi connectivity index (χ3n) is 3.97. The lowest BCUT2D eigenvalue weighted by Crippen LogP contribution is -2.32. The van der Waals surface area contributed by atoms with Gasteiger partial charge in [-0.05, 0) is 41.0 Å². The Labute approximate surface area is 143 Å². The zero-order valence-corrected chi connectivity index (χ0v) is 15.6. The second-order valence-corrected chi connectivity index (χ2v) is 7.10. The second kappa shape index (κ2) is 6.67. The highest BCUT2D eigenvalue weighted by molar-refractivity contribution is 5.88. The summed E-state index contributed by atoms with van der Waals surface area (Å²) in [5.74, 6) is 0.679. The van der Waals surface area contributed by atoms with Crippen LogP contribution in [0.3, 0.4) is 0 Å². The minimum absolute atomic E-state index is 0.0871. The summed E-state index contributed by atoms with van der Waals surface area (Å²) in [5.41, 5.74) is 2.80. The fourth-order valence-corrected chi connectivity index (χ4v) is 2.49. The molecule has 2 aromatic heterocycles. The van der Waals surface area contributed by atoms with Crippen LogP contribution in [0.25, 0.3) is 0 Å². The smallest absolute Gasteiger partial charge is 0.320 e. The summed E-state index contributed by atoms with van der Waals surface area (Å²) in [5, 5.41) is 14.7. The number of urea groups is 1. The summed E-state index contributed by atoms with van der Waals surface area (Å²) < 4.78 is 3.61. The van der Waals surface area contributed by atoms with Crippen LogP contribution in [-0.2, 0) is 19.0 Å². The van der Waals surface area contributed by atoms with Crippen molar-refractivity contribution in [1.29, 1.82) is 0 Å². The number of carbonyl (C=O) groups is 1. The topological polar surface area (TPSA) is 76.8 Å². The van der Waals surface area contributed by atoms with Crippen LogP contribution in [0.15, 0.2) is 12.3 Å². The molecule has 0 aliphatic carbocycles. The van der Waals surface area contributed by atoms with E-state index in [4.69, 9.17) is 0 Å². The summed E-state index contributed by atoms with van der Waals surface area (Å²) in [6.45, 7) is 12.2. The molecule has 132 valence electrons. The number of aryl methyl sites for hydroxylation is 3. The van der Waals surface area contributed by atoms with Gasteiger partial charge in [0.15, 0.2) is 0 Å². The van der Waals surface area contributed by atoms with Crippen molar-refractivity contribution in [1.82, 2.24) is 24.9 Å². The number of carbonyl (C=O) groups excluding carboxylic acids is 1. The number of hydrogen-bond donors (Lipinski definition) is 2. The first kappa shape index (κ1) is 18.0. The van der Waals surface area contributed by atoms with Gasteiger partial charge in [-0.1, -0.05) is 6.92 Å². The number of anilines is 1. The number of nitrogens with zero attached hydrogens (tertiary/aromatic N) is 4. The summed E-state index contributed by atoms with van der Waals surface area (Å²) in [4.78, 5) is 12.3. The second-order valence-electron chi connectivity index (χ2n) is 7.10. The molecule has 0 saturated heterocycles. The largest absolute Gasteiger partial charge is 0.331 e. The fourth-order valence-electron chi connectivity index (χ4n) is 2.49. The van der Waals surface area contributed by atoms with Gasteiger partial charge in [0, 0.05) is 24.9 Å². The molecule has 0 aliphatic heterocycles. The summed E-state index contributed by atoms with van der Waals surface area (Å²) in [6.07, 6.45) is 2.83. The maximum atomic E-state index is 12.3. The number of amides is 2. The molecule has 0 spiro atoms. The zero-order valence-electron chi connectivity index (χ0n) is 15.6. The Morgan fingerprint density at radius 2 is 2.00 bits per heavy atom. The van der Waals surface area contributed by atoms with E-state index in [1.165, 1.54) is 0 Å². The van der Waals surface area contributed by atoms with Crippen molar-refractivity contribution < 1.29 is 4.79 Å². The van der Waals surface area contributed by atoms with E-state index in [1.54, 1.807) is 4.68 Å². The van der Waals surface area contributed by atoms with Crippen molar-refractivity contribution in [3.8, 4) is 0 Å². The molecule has 7 heteroatoms. The van der Waals surface area contributed by atoms with Gasteiger partial charge in [-0.2, -0.15) is 10.2 Å². The highest BCUT2D eigenvalue weighted by atomic mass is 16.2. The third-order valence-corrected chi connectivity index (χ3v) is 3.97. The van der Waals surface area contributed by atoms with Crippen LogP contribution in [0, 0.1) is 6.92 Å². The normalized spacial score (nSPS) is 13.0. The molecule has 0 bridgehead atoms. The van der Waals surface area contributed by atoms with Gasteiger partial charge in [0.05, 0.1) is 23.0 Å². The van der Waals surface area contributed by atoms with E-state index in [2.05, 4.69) is 41.6 Å². The van der Waals surface area contributed by atoms with Crippen LogP contribution in [0.2, 0.25) is 0 Å². The Hall–Kier alpha value is -2.31. The monoisotopic (exact) mass is 332 g/mol. The Bertz CT molecular complexity index is 722. The molecule has 2 aromatic rings. The number of aromatic nitrogens is 4. The highest BCUT2D eigenvalue weighted by Gasteiger charge is 2.20. The summed E-state index contributed by atoms with van der Waals surface area (Å²) in [6, 6.07) is 1.49. The van der Waals surface area contributed by atoms with E-state index in [9.17, 15) is 4.79 Å². The van der Waals surface area contributed by atoms with Crippen LogP contribution >= 0.6 is 0 Å². The molecule has 0 radical (unpaired) electrons. The number of nitrogens with one attached hydrogen (secondary N) is 2. The molecule has 24 heavy (non-hydrogen) atoms. The van der Waals surface area contributed by atoms with Gasteiger partial charge in [-0.25, -0.2) is 4.79 Å². The van der Waals surface area contributed by atoms with E-state index in [1.807, 2.05) is 44.8 Å². The predicted octanol–water partition coefficient (Wildman–Crippen LogP) is 3.13. The zero-order chi connectivity index (χ0) is 18.1. The van der Waals surface area contributed by atoms with Crippen molar-refractivity contribution in [2.24, 2.45) is 7.05 Å². The Morgan fingerprint density at radius 1 is 1.33 bits per heavy atom. The molecule has 0 fully saturated rings. The molecule has 2 N–H and O–H groups in total. The maximum Gasteiger partial charge on any atom is 0.320 e. The van der Waals surface area contributed by atoms with E-state index >= 15 is 0 Å². The number of hydrogen-bond acceptors (Lipinski definition) is 3. The van der Waals surface area contributed by atoms with Crippen molar-refractivity contribution in [2.45, 2.75) is 59.5 Å². The maximum absolute atomic E-state index is 12.3. The molecule has 7 nitrogen and oxygen atoms in total. The molecular formula is C17H28N6O. The number of rotatable bonds is 4. The molecule has 2 amide bonds. The molecular weight excluding hydrogens is 304 g/mol. The van der Waals surface area contributed by atoms with E-state index in [-0.39, 0.29) is 17.6 Å². The molecule has 0 aliphatic rings. The average molecular weight is 332 g/mol. The van der Waals surface area contributed by atoms with Gasteiger partial charge in [-0.15, -0.1) is 0 Å². The molecule has 1 unspecified atom stereocenters. The average Bonchev–Trinajstić information content (AvgIpc) is 3.02. The Kier molecular flexibility index (Phi) is 5.01. The first-order chi connectivity index (χ1) is 11.1. The highest BCUT2D eigenvalue weighted by Crippen LogP contribution is 2.21.